The maximum absolute atomic E-state index is 13.1. The molecule has 2 aromatic rings. The fourth-order valence-electron chi connectivity index (χ4n) is 1.52. The van der Waals surface area contributed by atoms with Gasteiger partial charge in [-0.3, -0.25) is 14.8 Å². The van der Waals surface area contributed by atoms with Gasteiger partial charge in [-0.25, -0.2) is 12.8 Å². The minimum atomic E-state index is -3.90. The maximum atomic E-state index is 13.1. The number of nitrogens with zero attached hydrogens (tertiary/aromatic N) is 1. The van der Waals surface area contributed by atoms with Crippen molar-refractivity contribution in [2.45, 2.75) is 4.90 Å². The highest BCUT2D eigenvalue weighted by molar-refractivity contribution is 9.10. The summed E-state index contributed by atoms with van der Waals surface area (Å²) in [7, 11) is -3.90. The van der Waals surface area contributed by atoms with Crippen molar-refractivity contribution in [3.8, 4) is 0 Å². The van der Waals surface area contributed by atoms with Crippen LogP contribution in [0.2, 0.25) is 0 Å². The molecule has 6 nitrogen and oxygen atoms in total. The summed E-state index contributed by atoms with van der Waals surface area (Å²) in [5.74, 6) is -0.520. The first kappa shape index (κ1) is 15.4. The first-order valence-electron chi connectivity index (χ1n) is 5.52. The molecule has 0 saturated carbocycles. The van der Waals surface area contributed by atoms with E-state index in [1.165, 1.54) is 12.1 Å². The van der Waals surface area contributed by atoms with Crippen molar-refractivity contribution in [2.24, 2.45) is 0 Å². The van der Waals surface area contributed by atoms with Gasteiger partial charge in [-0.05, 0) is 46.3 Å². The number of rotatable bonds is 4. The molecule has 0 atom stereocenters. The van der Waals surface area contributed by atoms with Gasteiger partial charge in [-0.1, -0.05) is 0 Å². The average Bonchev–Trinajstić information content (AvgIpc) is 2.43. The molecular weight excluding hydrogens is 367 g/mol. The summed E-state index contributed by atoms with van der Waals surface area (Å²) >= 11 is 2.95. The lowest BCUT2D eigenvalue weighted by molar-refractivity contribution is -0.384. The van der Waals surface area contributed by atoms with Crippen molar-refractivity contribution in [1.29, 1.82) is 0 Å². The van der Waals surface area contributed by atoms with E-state index in [0.717, 1.165) is 30.3 Å². The predicted molar refractivity (Wildman–Crippen MR) is 78.0 cm³/mol. The number of anilines is 1. The van der Waals surface area contributed by atoms with Crippen molar-refractivity contribution in [1.82, 2.24) is 0 Å². The Balaban J connectivity index is 2.29. The highest BCUT2D eigenvalue weighted by atomic mass is 79.9. The molecule has 0 amide bonds. The van der Waals surface area contributed by atoms with E-state index >= 15 is 0 Å². The van der Waals surface area contributed by atoms with Crippen LogP contribution in [0.4, 0.5) is 15.8 Å². The molecule has 2 rings (SSSR count). The van der Waals surface area contributed by atoms with E-state index in [2.05, 4.69) is 20.7 Å². The van der Waals surface area contributed by atoms with Gasteiger partial charge in [0.1, 0.15) is 5.82 Å². The fraction of sp³-hybridized carbons (Fsp3) is 0. The Morgan fingerprint density at radius 1 is 1.14 bits per heavy atom. The summed E-state index contributed by atoms with van der Waals surface area (Å²) in [5.41, 5.74) is -0.0416. The summed E-state index contributed by atoms with van der Waals surface area (Å²) in [4.78, 5) is 9.77. The van der Waals surface area contributed by atoms with Crippen molar-refractivity contribution in [2.75, 3.05) is 4.72 Å². The van der Waals surface area contributed by atoms with Crippen LogP contribution in [0.25, 0.3) is 0 Å². The number of sulfonamides is 1. The van der Waals surface area contributed by atoms with Crippen LogP contribution < -0.4 is 4.72 Å². The molecule has 0 aliphatic rings. The molecule has 0 bridgehead atoms. The lowest BCUT2D eigenvalue weighted by Gasteiger charge is -2.08. The molecule has 2 aromatic carbocycles. The zero-order valence-corrected chi connectivity index (χ0v) is 12.7. The number of nitrogens with one attached hydrogen (secondary N) is 1. The van der Waals surface area contributed by atoms with E-state index in [-0.39, 0.29) is 20.7 Å². The third-order valence-electron chi connectivity index (χ3n) is 2.53. The lowest BCUT2D eigenvalue weighted by atomic mass is 10.3. The molecule has 0 fully saturated rings. The third kappa shape index (κ3) is 3.56. The second-order valence-electron chi connectivity index (χ2n) is 3.99. The van der Waals surface area contributed by atoms with Crippen molar-refractivity contribution >= 4 is 37.3 Å². The minimum Gasteiger partial charge on any atom is -0.280 e. The molecule has 1 N–H and O–H groups in total. The lowest BCUT2D eigenvalue weighted by Crippen LogP contribution is -2.13. The maximum Gasteiger partial charge on any atom is 0.269 e. The van der Waals surface area contributed by atoms with E-state index in [9.17, 15) is 22.9 Å². The summed E-state index contributed by atoms with van der Waals surface area (Å²) in [6, 6.07) is 8.08. The van der Waals surface area contributed by atoms with Crippen LogP contribution in [0.3, 0.4) is 0 Å². The molecule has 0 saturated heterocycles. The number of non-ortho nitro benzene ring substituents is 1. The van der Waals surface area contributed by atoms with Crippen molar-refractivity contribution in [3.05, 3.63) is 62.9 Å². The number of hydrogen-bond acceptors (Lipinski definition) is 4. The second-order valence-corrected chi connectivity index (χ2v) is 6.52. The normalized spacial score (nSPS) is 11.1. The van der Waals surface area contributed by atoms with E-state index in [4.69, 9.17) is 0 Å². The van der Waals surface area contributed by atoms with Crippen LogP contribution in [0, 0.1) is 15.9 Å². The topological polar surface area (TPSA) is 89.3 Å². The van der Waals surface area contributed by atoms with Gasteiger partial charge < -0.3 is 0 Å². The first-order chi connectivity index (χ1) is 9.79. The Kier molecular flexibility index (Phi) is 4.24. The van der Waals surface area contributed by atoms with Crippen LogP contribution in [0.5, 0.6) is 0 Å². The molecular formula is C12H8BrFN2O4S. The Bertz CT molecular complexity index is 793. The van der Waals surface area contributed by atoms with Crippen molar-refractivity contribution < 1.29 is 17.7 Å². The zero-order valence-electron chi connectivity index (χ0n) is 10.3. The molecule has 0 spiro atoms. The predicted octanol–water partition coefficient (Wildman–Crippen LogP) is 3.30. The SMILES string of the molecule is O=[N+]([O-])c1ccc(S(=O)(=O)Nc2ccc(F)c(Br)c2)cc1. The van der Waals surface area contributed by atoms with E-state index < -0.39 is 20.8 Å². The number of nitro benzene ring substituents is 1. The Morgan fingerprint density at radius 2 is 1.76 bits per heavy atom. The third-order valence-corrected chi connectivity index (χ3v) is 4.53. The minimum absolute atomic E-state index is 0.117. The van der Waals surface area contributed by atoms with Gasteiger partial charge in [0.2, 0.25) is 0 Å². The van der Waals surface area contributed by atoms with Crippen LogP contribution in [-0.4, -0.2) is 13.3 Å². The molecule has 0 aromatic heterocycles. The smallest absolute Gasteiger partial charge is 0.269 e. The molecule has 0 radical (unpaired) electrons. The van der Waals surface area contributed by atoms with Gasteiger partial charge in [0.25, 0.3) is 15.7 Å². The quantitative estimate of drug-likeness (QED) is 0.656. The molecule has 0 unspecified atom stereocenters. The Labute approximate surface area is 127 Å². The molecule has 0 aliphatic carbocycles. The van der Waals surface area contributed by atoms with Gasteiger partial charge >= 0.3 is 0 Å². The highest BCUT2D eigenvalue weighted by Gasteiger charge is 2.16. The molecule has 0 aliphatic heterocycles. The largest absolute Gasteiger partial charge is 0.280 e. The molecule has 0 heterocycles. The van der Waals surface area contributed by atoms with Crippen LogP contribution >= 0.6 is 15.9 Å². The fourth-order valence-corrected chi connectivity index (χ4v) is 2.95. The standard InChI is InChI=1S/C12H8BrFN2O4S/c13-11-7-8(1-6-12(11)14)15-21(19,20)10-4-2-9(3-5-10)16(17)18/h1-7,15H. The highest BCUT2D eigenvalue weighted by Crippen LogP contribution is 2.23. The number of benzene rings is 2. The molecule has 21 heavy (non-hydrogen) atoms. The zero-order chi connectivity index (χ0) is 15.6. The van der Waals surface area contributed by atoms with E-state index in [1.807, 2.05) is 0 Å². The molecule has 9 heteroatoms. The van der Waals surface area contributed by atoms with Crippen molar-refractivity contribution in [3.63, 3.8) is 0 Å². The molecule has 110 valence electrons. The van der Waals surface area contributed by atoms with Gasteiger partial charge in [0, 0.05) is 12.1 Å². The summed E-state index contributed by atoms with van der Waals surface area (Å²) in [6.07, 6.45) is 0. The number of halogens is 2. The monoisotopic (exact) mass is 374 g/mol. The first-order valence-corrected chi connectivity index (χ1v) is 7.79. The Hall–Kier alpha value is -2.00. The van der Waals surface area contributed by atoms with Crippen LogP contribution in [0.15, 0.2) is 51.8 Å². The van der Waals surface area contributed by atoms with Gasteiger partial charge in [0.05, 0.1) is 20.0 Å². The van der Waals surface area contributed by atoms with Crippen LogP contribution in [-0.2, 0) is 10.0 Å². The van der Waals surface area contributed by atoms with E-state index in [0.29, 0.717) is 0 Å². The summed E-state index contributed by atoms with van der Waals surface area (Å²) in [6.45, 7) is 0. The Morgan fingerprint density at radius 3 is 2.29 bits per heavy atom. The summed E-state index contributed by atoms with van der Waals surface area (Å²) in [5, 5.41) is 10.5. The second kappa shape index (κ2) is 5.78. The van der Waals surface area contributed by atoms with Gasteiger partial charge in [-0.2, -0.15) is 0 Å². The number of hydrogen-bond donors (Lipinski definition) is 1. The average molecular weight is 375 g/mol. The van der Waals surface area contributed by atoms with E-state index in [1.54, 1.807) is 0 Å². The van der Waals surface area contributed by atoms with Gasteiger partial charge in [0.15, 0.2) is 0 Å². The number of nitro groups is 1. The van der Waals surface area contributed by atoms with Crippen LogP contribution in [0.1, 0.15) is 0 Å². The summed E-state index contributed by atoms with van der Waals surface area (Å²) < 4.78 is 39.6. The van der Waals surface area contributed by atoms with Gasteiger partial charge in [-0.15, -0.1) is 0 Å².